The van der Waals surface area contributed by atoms with Crippen molar-refractivity contribution >= 4 is 39.1 Å². The summed E-state index contributed by atoms with van der Waals surface area (Å²) in [5, 5.41) is 11.0. The van der Waals surface area contributed by atoms with E-state index in [2.05, 4.69) is 42.6 Å². The molecule has 8 nitrogen and oxygen atoms in total. The number of nitrogens with zero attached hydrogens (tertiary/aromatic N) is 3. The molecule has 198 valence electrons. The average Bonchev–Trinajstić information content (AvgIpc) is 3.50. The third kappa shape index (κ3) is 5.35. The fourth-order valence-corrected chi connectivity index (χ4v) is 6.04. The molecule has 2 amide bonds. The highest BCUT2D eigenvalue weighted by Gasteiger charge is 2.30. The lowest BCUT2D eigenvalue weighted by molar-refractivity contribution is 0.0941. The van der Waals surface area contributed by atoms with Gasteiger partial charge in [0.2, 0.25) is 0 Å². The Morgan fingerprint density at radius 2 is 2.00 bits per heavy atom. The Morgan fingerprint density at radius 3 is 2.71 bits per heavy atom. The van der Waals surface area contributed by atoms with Crippen LogP contribution in [-0.4, -0.2) is 33.1 Å². The van der Waals surface area contributed by atoms with Gasteiger partial charge in [-0.1, -0.05) is 32.9 Å². The number of benzene rings is 1. The Kier molecular flexibility index (Phi) is 7.07. The molecule has 1 aromatic carbocycles. The fraction of sp³-hybridized carbons (Fsp3) is 0.379. The number of pyridine rings is 1. The summed E-state index contributed by atoms with van der Waals surface area (Å²) in [5.74, 6) is 0.189. The zero-order chi connectivity index (χ0) is 27.0. The Balaban J connectivity index is 1.31. The summed E-state index contributed by atoms with van der Waals surface area (Å²) in [6.45, 7) is 7.14. The van der Waals surface area contributed by atoms with Gasteiger partial charge in [-0.15, -0.1) is 11.3 Å². The molecule has 0 radical (unpaired) electrons. The van der Waals surface area contributed by atoms with E-state index >= 15 is 0 Å². The average molecular weight is 531 g/mol. The summed E-state index contributed by atoms with van der Waals surface area (Å²) in [6, 6.07) is 12.8. The molecule has 3 heterocycles. The molecular weight excluding hydrogens is 496 g/mol. The summed E-state index contributed by atoms with van der Waals surface area (Å²) in [5.41, 5.74) is 10.7. The van der Waals surface area contributed by atoms with Crippen LogP contribution in [0, 0.1) is 11.3 Å². The number of anilines is 1. The van der Waals surface area contributed by atoms with E-state index in [0.29, 0.717) is 22.2 Å². The van der Waals surface area contributed by atoms with Crippen molar-refractivity contribution in [1.82, 2.24) is 20.1 Å². The molecule has 0 saturated carbocycles. The normalized spacial score (nSPS) is 16.2. The van der Waals surface area contributed by atoms with Gasteiger partial charge in [0.25, 0.3) is 11.8 Å². The number of thiophene rings is 1. The van der Waals surface area contributed by atoms with Crippen LogP contribution < -0.4 is 16.4 Å². The largest absolute Gasteiger partial charge is 0.343 e. The number of amides is 2. The zero-order valence-electron chi connectivity index (χ0n) is 22.2. The molecule has 1 aliphatic carbocycles. The van der Waals surface area contributed by atoms with E-state index in [-0.39, 0.29) is 23.8 Å². The molecule has 4 N–H and O–H groups in total. The Hall–Kier alpha value is -3.56. The van der Waals surface area contributed by atoms with Crippen LogP contribution in [0.5, 0.6) is 0 Å². The Labute approximate surface area is 226 Å². The number of fused-ring (bicyclic) bond motifs is 2. The molecular formula is C29H34N6O2S. The first kappa shape index (κ1) is 26.1. The Bertz CT molecular complexity index is 1500. The molecule has 4 aromatic rings. The van der Waals surface area contributed by atoms with Crippen LogP contribution in [0.1, 0.15) is 70.2 Å². The molecule has 0 spiro atoms. The molecule has 3 aromatic heterocycles. The van der Waals surface area contributed by atoms with E-state index in [1.54, 1.807) is 25.4 Å². The van der Waals surface area contributed by atoms with Crippen molar-refractivity contribution < 1.29 is 9.59 Å². The van der Waals surface area contributed by atoms with Gasteiger partial charge in [-0.25, -0.2) is 4.98 Å². The first-order valence-electron chi connectivity index (χ1n) is 12.9. The number of carbonyl (C=O) groups excluding carboxylic acids is 2. The lowest BCUT2D eigenvalue weighted by atomic mass is 9.71. The van der Waals surface area contributed by atoms with Crippen molar-refractivity contribution in [3.8, 4) is 0 Å². The van der Waals surface area contributed by atoms with Crippen LogP contribution in [-0.2, 0) is 19.9 Å². The molecule has 9 heteroatoms. The number of rotatable bonds is 6. The van der Waals surface area contributed by atoms with E-state index in [9.17, 15) is 9.59 Å². The molecule has 0 saturated heterocycles. The molecule has 5 rings (SSSR count). The fourth-order valence-electron chi connectivity index (χ4n) is 5.11. The van der Waals surface area contributed by atoms with Crippen LogP contribution in [0.2, 0.25) is 0 Å². The maximum atomic E-state index is 13.3. The van der Waals surface area contributed by atoms with Gasteiger partial charge in [0, 0.05) is 36.6 Å². The van der Waals surface area contributed by atoms with Crippen LogP contribution in [0.25, 0.3) is 10.2 Å². The summed E-state index contributed by atoms with van der Waals surface area (Å²) in [7, 11) is 1.71. The van der Waals surface area contributed by atoms with Crippen LogP contribution in [0.4, 0.5) is 5.69 Å². The summed E-state index contributed by atoms with van der Waals surface area (Å²) in [4.78, 5) is 32.3. The van der Waals surface area contributed by atoms with Crippen molar-refractivity contribution in [2.45, 2.75) is 46.1 Å². The van der Waals surface area contributed by atoms with Crippen molar-refractivity contribution in [2.24, 2.45) is 24.1 Å². The lowest BCUT2D eigenvalue weighted by Gasteiger charge is -2.34. The smallest absolute Gasteiger partial charge is 0.273 e. The van der Waals surface area contributed by atoms with Gasteiger partial charge in [-0.05, 0) is 72.1 Å². The van der Waals surface area contributed by atoms with E-state index in [1.165, 1.54) is 21.6 Å². The van der Waals surface area contributed by atoms with Gasteiger partial charge >= 0.3 is 0 Å². The van der Waals surface area contributed by atoms with Gasteiger partial charge in [0.15, 0.2) is 0 Å². The maximum Gasteiger partial charge on any atom is 0.273 e. The molecule has 0 bridgehead atoms. The molecule has 1 aliphatic rings. The summed E-state index contributed by atoms with van der Waals surface area (Å²) < 4.78 is 1.52. The van der Waals surface area contributed by atoms with E-state index in [4.69, 9.17) is 10.7 Å². The second kappa shape index (κ2) is 10.3. The summed E-state index contributed by atoms with van der Waals surface area (Å²) >= 11 is 1.41. The number of aromatic nitrogens is 3. The minimum Gasteiger partial charge on any atom is -0.343 e. The minimum absolute atomic E-state index is 0.182. The van der Waals surface area contributed by atoms with Crippen molar-refractivity contribution in [1.29, 1.82) is 0 Å². The highest BCUT2D eigenvalue weighted by Crippen LogP contribution is 2.38. The predicted octanol–water partition coefficient (Wildman–Crippen LogP) is 4.86. The molecule has 38 heavy (non-hydrogen) atoms. The van der Waals surface area contributed by atoms with Crippen molar-refractivity contribution in [2.75, 3.05) is 11.9 Å². The van der Waals surface area contributed by atoms with E-state index in [1.807, 2.05) is 24.3 Å². The van der Waals surface area contributed by atoms with Crippen LogP contribution in [0.15, 0.2) is 48.7 Å². The predicted molar refractivity (Wildman–Crippen MR) is 151 cm³/mol. The highest BCUT2D eigenvalue weighted by molar-refractivity contribution is 7.20. The van der Waals surface area contributed by atoms with Crippen LogP contribution in [0.3, 0.4) is 0 Å². The number of nitrogens with two attached hydrogens (primary N) is 1. The zero-order valence-corrected chi connectivity index (χ0v) is 23.1. The number of nitrogens with one attached hydrogen (secondary N) is 2. The summed E-state index contributed by atoms with van der Waals surface area (Å²) in [6.07, 6.45) is 4.73. The number of aryl methyl sites for hydroxylation is 2. The lowest BCUT2D eigenvalue weighted by Crippen LogP contribution is -2.33. The first-order chi connectivity index (χ1) is 18.1. The number of hydrogen-bond donors (Lipinski definition) is 3. The molecule has 0 unspecified atom stereocenters. The van der Waals surface area contributed by atoms with Gasteiger partial charge in [0.05, 0.1) is 10.9 Å². The highest BCUT2D eigenvalue weighted by atomic mass is 32.1. The number of carbonyl (C=O) groups is 2. The monoisotopic (exact) mass is 530 g/mol. The topological polar surface area (TPSA) is 115 Å². The number of hydrogen-bond acceptors (Lipinski definition) is 6. The third-order valence-corrected chi connectivity index (χ3v) is 8.51. The molecule has 0 fully saturated rings. The second-order valence-electron chi connectivity index (χ2n) is 11.1. The van der Waals surface area contributed by atoms with Gasteiger partial charge in [-0.3, -0.25) is 14.3 Å². The van der Waals surface area contributed by atoms with Crippen molar-refractivity contribution in [3.63, 3.8) is 0 Å². The van der Waals surface area contributed by atoms with E-state index < -0.39 is 6.04 Å². The van der Waals surface area contributed by atoms with Gasteiger partial charge < -0.3 is 16.4 Å². The maximum absolute atomic E-state index is 13.3. The molecule has 2 atom stereocenters. The van der Waals surface area contributed by atoms with Gasteiger partial charge in [0.1, 0.15) is 10.5 Å². The van der Waals surface area contributed by atoms with E-state index in [0.717, 1.165) is 40.7 Å². The third-order valence-electron chi connectivity index (χ3n) is 7.46. The molecule has 0 aliphatic heterocycles. The standard InChI is InChI=1S/C29H34N6O2S/c1-29(2,3)20-8-9-22-18(13-20)12-19-15-25(38-28(19)34-22)27(37)33-23(16-30)17-6-5-7-21(14-17)32-26(36)24-10-11-31-35(24)4/h5-7,10-12,14-15,20,23H,8-9,13,16,30H2,1-4H3,(H,32,36)(H,33,37)/t20-,23-/m1/s1. The minimum atomic E-state index is -0.407. The quantitative estimate of drug-likeness (QED) is 0.329. The van der Waals surface area contributed by atoms with Gasteiger partial charge in [-0.2, -0.15) is 5.10 Å². The van der Waals surface area contributed by atoms with Crippen molar-refractivity contribution in [3.05, 3.63) is 76.1 Å². The Morgan fingerprint density at radius 1 is 1.18 bits per heavy atom. The SMILES string of the molecule is Cn1nccc1C(=O)Nc1cccc([C@@H](CN)NC(=O)c2cc3cc4c(nc3s2)CC[C@@H](C(C)(C)C)C4)c1. The second-order valence-corrected chi connectivity index (χ2v) is 12.1. The van der Waals surface area contributed by atoms with Crippen LogP contribution >= 0.6 is 11.3 Å². The first-order valence-corrected chi connectivity index (χ1v) is 13.8.